The molecule has 2 aromatic carbocycles. The fourth-order valence-electron chi connectivity index (χ4n) is 2.18. The molecule has 0 bridgehead atoms. The van der Waals surface area contributed by atoms with Crippen LogP contribution in [0.25, 0.3) is 0 Å². The van der Waals surface area contributed by atoms with Gasteiger partial charge in [0.2, 0.25) is 10.0 Å². The second kappa shape index (κ2) is 7.62. The van der Waals surface area contributed by atoms with E-state index in [1.165, 1.54) is 18.2 Å². The van der Waals surface area contributed by atoms with Gasteiger partial charge in [-0.3, -0.25) is 4.72 Å². The number of nitrogens with one attached hydrogen (secondary N) is 1. The average molecular weight is 395 g/mol. The van der Waals surface area contributed by atoms with Gasteiger partial charge in [0.15, 0.2) is 11.6 Å². The minimum Gasteiger partial charge on any atom is -0.421 e. The monoisotopic (exact) mass is 395 g/mol. The molecule has 0 saturated heterocycles. The number of anilines is 1. The van der Waals surface area contributed by atoms with E-state index >= 15 is 0 Å². The van der Waals surface area contributed by atoms with E-state index in [0.717, 1.165) is 24.5 Å². The van der Waals surface area contributed by atoms with E-state index in [9.17, 15) is 21.6 Å². The topological polar surface area (TPSA) is 81.2 Å². The lowest BCUT2D eigenvalue weighted by atomic mass is 10.2. The van der Waals surface area contributed by atoms with Gasteiger partial charge in [-0.15, -0.1) is 0 Å². The van der Waals surface area contributed by atoms with Gasteiger partial charge in [-0.2, -0.15) is 0 Å². The van der Waals surface area contributed by atoms with E-state index in [1.807, 2.05) is 0 Å². The Morgan fingerprint density at radius 3 is 2.22 bits per heavy atom. The zero-order chi connectivity index (χ0) is 19.4. The molecule has 3 aromatic rings. The van der Waals surface area contributed by atoms with E-state index in [-0.39, 0.29) is 23.0 Å². The molecule has 0 aliphatic heterocycles. The lowest BCUT2D eigenvalue weighted by Crippen LogP contribution is -2.15. The summed E-state index contributed by atoms with van der Waals surface area (Å²) in [4.78, 5) is 7.58. The standard InChI is InChI=1S/C17H12F3N3O3S/c18-12-5-11(6-13(19)7-12)10-27(24,25)23-14-8-21-17(22-9-14)26-16-4-2-1-3-15(16)20/h1-9,23H,10H2. The summed E-state index contributed by atoms with van der Waals surface area (Å²) in [5.41, 5.74) is -0.0480. The van der Waals surface area contributed by atoms with Crippen LogP contribution in [-0.2, 0) is 15.8 Å². The molecule has 1 heterocycles. The minimum absolute atomic E-state index is 0.00718. The van der Waals surface area contributed by atoms with Crippen molar-refractivity contribution in [3.63, 3.8) is 0 Å². The molecule has 140 valence electrons. The largest absolute Gasteiger partial charge is 0.421 e. The number of hydrogen-bond donors (Lipinski definition) is 1. The van der Waals surface area contributed by atoms with Gasteiger partial charge in [0.05, 0.1) is 23.8 Å². The van der Waals surface area contributed by atoms with Gasteiger partial charge in [0, 0.05) is 6.07 Å². The van der Waals surface area contributed by atoms with Gasteiger partial charge in [0.25, 0.3) is 0 Å². The maximum absolute atomic E-state index is 13.5. The number of nitrogens with zero attached hydrogens (tertiary/aromatic N) is 2. The Bertz CT molecular complexity index is 1040. The van der Waals surface area contributed by atoms with Crippen molar-refractivity contribution in [3.05, 3.63) is 77.9 Å². The van der Waals surface area contributed by atoms with E-state index < -0.39 is 33.2 Å². The highest BCUT2D eigenvalue weighted by atomic mass is 32.2. The molecule has 1 N–H and O–H groups in total. The molecule has 0 aliphatic carbocycles. The fraction of sp³-hybridized carbons (Fsp3) is 0.0588. The van der Waals surface area contributed by atoms with Crippen LogP contribution in [0.1, 0.15) is 5.56 Å². The maximum Gasteiger partial charge on any atom is 0.322 e. The molecule has 1 aromatic heterocycles. The summed E-state index contributed by atoms with van der Waals surface area (Å²) in [5.74, 6) is -3.08. The highest BCUT2D eigenvalue weighted by molar-refractivity contribution is 7.91. The molecule has 0 aliphatic rings. The number of halogens is 3. The van der Waals surface area contributed by atoms with Crippen molar-refractivity contribution in [1.82, 2.24) is 9.97 Å². The second-order valence-corrected chi connectivity index (χ2v) is 7.15. The van der Waals surface area contributed by atoms with E-state index in [2.05, 4.69) is 14.7 Å². The summed E-state index contributed by atoms with van der Waals surface area (Å²) in [6, 6.07) is 7.94. The highest BCUT2D eigenvalue weighted by Crippen LogP contribution is 2.21. The number of para-hydroxylation sites is 1. The molecule has 0 radical (unpaired) electrons. The Morgan fingerprint density at radius 1 is 0.963 bits per heavy atom. The van der Waals surface area contributed by atoms with Crippen molar-refractivity contribution in [1.29, 1.82) is 0 Å². The number of rotatable bonds is 6. The van der Waals surface area contributed by atoms with Crippen LogP contribution in [-0.4, -0.2) is 18.4 Å². The van der Waals surface area contributed by atoms with E-state index in [4.69, 9.17) is 4.74 Å². The molecule has 10 heteroatoms. The summed E-state index contributed by atoms with van der Waals surface area (Å²) in [7, 11) is -3.96. The van der Waals surface area contributed by atoms with Crippen molar-refractivity contribution in [2.24, 2.45) is 0 Å². The Hall–Kier alpha value is -3.14. The predicted octanol–water partition coefficient (Wildman–Crippen LogP) is 3.63. The van der Waals surface area contributed by atoms with Crippen molar-refractivity contribution < 1.29 is 26.3 Å². The van der Waals surface area contributed by atoms with Crippen LogP contribution >= 0.6 is 0 Å². The van der Waals surface area contributed by atoms with Gasteiger partial charge >= 0.3 is 6.01 Å². The van der Waals surface area contributed by atoms with Crippen molar-refractivity contribution >= 4 is 15.7 Å². The number of hydrogen-bond acceptors (Lipinski definition) is 5. The maximum atomic E-state index is 13.5. The van der Waals surface area contributed by atoms with Gasteiger partial charge < -0.3 is 4.74 Å². The van der Waals surface area contributed by atoms with Gasteiger partial charge in [-0.05, 0) is 29.8 Å². The summed E-state index contributed by atoms with van der Waals surface area (Å²) in [6.07, 6.45) is 2.24. The molecule has 27 heavy (non-hydrogen) atoms. The molecular weight excluding hydrogens is 383 g/mol. The van der Waals surface area contributed by atoms with Gasteiger partial charge in [0.1, 0.15) is 11.6 Å². The lowest BCUT2D eigenvalue weighted by molar-refractivity contribution is 0.411. The third kappa shape index (κ3) is 5.17. The van der Waals surface area contributed by atoms with Crippen LogP contribution in [0.3, 0.4) is 0 Å². The normalized spacial score (nSPS) is 11.2. The Balaban J connectivity index is 1.69. The van der Waals surface area contributed by atoms with E-state index in [0.29, 0.717) is 6.07 Å². The van der Waals surface area contributed by atoms with Crippen LogP contribution in [0.4, 0.5) is 18.9 Å². The molecule has 6 nitrogen and oxygen atoms in total. The SMILES string of the molecule is O=S(=O)(Cc1cc(F)cc(F)c1)Nc1cnc(Oc2ccccc2F)nc1. The second-order valence-electron chi connectivity index (χ2n) is 5.43. The summed E-state index contributed by atoms with van der Waals surface area (Å²) in [5, 5.41) is 0. The molecular formula is C17H12F3N3O3S. The quantitative estimate of drug-likeness (QED) is 0.689. The Kier molecular flexibility index (Phi) is 5.26. The van der Waals surface area contributed by atoms with Crippen LogP contribution in [0.15, 0.2) is 54.9 Å². The van der Waals surface area contributed by atoms with Crippen molar-refractivity contribution in [3.8, 4) is 11.8 Å². The lowest BCUT2D eigenvalue weighted by Gasteiger charge is -2.09. The number of sulfonamides is 1. The van der Waals surface area contributed by atoms with Gasteiger partial charge in [-0.25, -0.2) is 31.6 Å². The van der Waals surface area contributed by atoms with Crippen LogP contribution in [0, 0.1) is 17.5 Å². The third-order valence-electron chi connectivity index (χ3n) is 3.22. The zero-order valence-electron chi connectivity index (χ0n) is 13.6. The van der Waals surface area contributed by atoms with Crippen LogP contribution < -0.4 is 9.46 Å². The minimum atomic E-state index is -3.96. The van der Waals surface area contributed by atoms with Gasteiger partial charge in [-0.1, -0.05) is 12.1 Å². The first-order chi connectivity index (χ1) is 12.8. The molecule has 0 unspecified atom stereocenters. The predicted molar refractivity (Wildman–Crippen MR) is 91.1 cm³/mol. The first-order valence-corrected chi connectivity index (χ1v) is 9.16. The van der Waals surface area contributed by atoms with Crippen molar-refractivity contribution in [2.75, 3.05) is 4.72 Å². The Morgan fingerprint density at radius 2 is 1.59 bits per heavy atom. The molecule has 0 spiro atoms. The molecule has 0 atom stereocenters. The summed E-state index contributed by atoms with van der Waals surface area (Å²) < 4.78 is 71.4. The summed E-state index contributed by atoms with van der Waals surface area (Å²) >= 11 is 0. The Labute approximate surface area is 152 Å². The molecule has 3 rings (SSSR count). The molecule has 0 saturated carbocycles. The third-order valence-corrected chi connectivity index (χ3v) is 4.48. The smallest absolute Gasteiger partial charge is 0.322 e. The molecule has 0 fully saturated rings. The fourth-order valence-corrected chi connectivity index (χ4v) is 3.32. The first-order valence-electron chi connectivity index (χ1n) is 7.51. The highest BCUT2D eigenvalue weighted by Gasteiger charge is 2.14. The number of ether oxygens (including phenoxy) is 1. The number of benzene rings is 2. The zero-order valence-corrected chi connectivity index (χ0v) is 14.4. The van der Waals surface area contributed by atoms with Crippen molar-refractivity contribution in [2.45, 2.75) is 5.75 Å². The van der Waals surface area contributed by atoms with Crippen LogP contribution in [0.2, 0.25) is 0 Å². The van der Waals surface area contributed by atoms with Crippen LogP contribution in [0.5, 0.6) is 11.8 Å². The molecule has 0 amide bonds. The number of aromatic nitrogens is 2. The average Bonchev–Trinajstić information content (AvgIpc) is 2.57. The van der Waals surface area contributed by atoms with E-state index in [1.54, 1.807) is 6.07 Å². The first kappa shape index (κ1) is 18.6. The summed E-state index contributed by atoms with van der Waals surface area (Å²) in [6.45, 7) is 0.